The lowest BCUT2D eigenvalue weighted by Gasteiger charge is -2.29. The first-order valence-corrected chi connectivity index (χ1v) is 10.8. The number of carbonyl (C=O) groups excluding carboxylic acids is 2. The highest BCUT2D eigenvalue weighted by atomic mass is 16.5. The molecule has 5 nitrogen and oxygen atoms in total. The van der Waals surface area contributed by atoms with Crippen molar-refractivity contribution in [3.8, 4) is 5.75 Å². The molecule has 0 aliphatic carbocycles. The topological polar surface area (TPSA) is 58.6 Å². The maximum absolute atomic E-state index is 13.0. The number of nitrogens with zero attached hydrogens (tertiary/aromatic N) is 1. The molecular formula is C25H34N2O3. The minimum Gasteiger partial charge on any atom is -0.494 e. The molecule has 2 aromatic rings. The van der Waals surface area contributed by atoms with Crippen LogP contribution in [-0.4, -0.2) is 35.9 Å². The van der Waals surface area contributed by atoms with Crippen molar-refractivity contribution in [2.75, 3.05) is 13.2 Å². The molecule has 0 fully saturated rings. The van der Waals surface area contributed by atoms with Gasteiger partial charge in [0.2, 0.25) is 11.8 Å². The molecule has 0 bridgehead atoms. The van der Waals surface area contributed by atoms with Crippen molar-refractivity contribution in [1.82, 2.24) is 10.2 Å². The van der Waals surface area contributed by atoms with E-state index in [1.807, 2.05) is 61.5 Å². The SMILES string of the molecule is CCCCNC(=O)[C@H](C)N(Cc1ccccc1)C(=O)CCCOc1ccc(C)cc1. The number of hydrogen-bond acceptors (Lipinski definition) is 3. The summed E-state index contributed by atoms with van der Waals surface area (Å²) < 4.78 is 5.73. The van der Waals surface area contributed by atoms with Crippen LogP contribution >= 0.6 is 0 Å². The van der Waals surface area contributed by atoms with Gasteiger partial charge in [0.15, 0.2) is 0 Å². The molecule has 0 aromatic heterocycles. The lowest BCUT2D eigenvalue weighted by atomic mass is 10.1. The van der Waals surface area contributed by atoms with E-state index in [-0.39, 0.29) is 11.8 Å². The number of aryl methyl sites for hydroxylation is 1. The Morgan fingerprint density at radius 3 is 2.40 bits per heavy atom. The van der Waals surface area contributed by atoms with Gasteiger partial charge >= 0.3 is 0 Å². The minimum atomic E-state index is -0.521. The van der Waals surface area contributed by atoms with Gasteiger partial charge in [0.05, 0.1) is 6.61 Å². The van der Waals surface area contributed by atoms with E-state index in [1.54, 1.807) is 11.8 Å². The van der Waals surface area contributed by atoms with E-state index in [1.165, 1.54) is 5.56 Å². The Bertz CT molecular complexity index is 775. The largest absolute Gasteiger partial charge is 0.494 e. The fraction of sp³-hybridized carbons (Fsp3) is 0.440. The molecule has 0 saturated carbocycles. The number of nitrogens with one attached hydrogen (secondary N) is 1. The van der Waals surface area contributed by atoms with Crippen LogP contribution in [0.5, 0.6) is 5.75 Å². The van der Waals surface area contributed by atoms with E-state index in [0.717, 1.165) is 24.2 Å². The normalized spacial score (nSPS) is 11.6. The van der Waals surface area contributed by atoms with Gasteiger partial charge in [-0.15, -0.1) is 0 Å². The van der Waals surface area contributed by atoms with Crippen molar-refractivity contribution in [2.24, 2.45) is 0 Å². The van der Waals surface area contributed by atoms with Gasteiger partial charge in [0.1, 0.15) is 11.8 Å². The quantitative estimate of drug-likeness (QED) is 0.525. The lowest BCUT2D eigenvalue weighted by molar-refractivity contribution is -0.140. The smallest absolute Gasteiger partial charge is 0.242 e. The summed E-state index contributed by atoms with van der Waals surface area (Å²) in [6.07, 6.45) is 2.89. The summed E-state index contributed by atoms with van der Waals surface area (Å²) in [5.74, 6) is 0.658. The Morgan fingerprint density at radius 2 is 1.73 bits per heavy atom. The van der Waals surface area contributed by atoms with Crippen LogP contribution in [0.4, 0.5) is 0 Å². The van der Waals surface area contributed by atoms with E-state index in [0.29, 0.717) is 32.5 Å². The summed E-state index contributed by atoms with van der Waals surface area (Å²) in [6, 6.07) is 17.1. The highest BCUT2D eigenvalue weighted by Gasteiger charge is 2.25. The first-order valence-electron chi connectivity index (χ1n) is 10.8. The van der Waals surface area contributed by atoms with Gasteiger partial charge in [0.25, 0.3) is 0 Å². The summed E-state index contributed by atoms with van der Waals surface area (Å²) in [6.45, 7) is 7.43. The number of ether oxygens (including phenoxy) is 1. The molecule has 0 aliphatic heterocycles. The zero-order chi connectivity index (χ0) is 21.8. The summed E-state index contributed by atoms with van der Waals surface area (Å²) in [7, 11) is 0. The van der Waals surface area contributed by atoms with Crippen molar-refractivity contribution in [2.45, 2.75) is 59.0 Å². The fourth-order valence-electron chi connectivity index (χ4n) is 3.09. The second-order valence-corrected chi connectivity index (χ2v) is 7.59. The second-order valence-electron chi connectivity index (χ2n) is 7.59. The van der Waals surface area contributed by atoms with E-state index in [4.69, 9.17) is 4.74 Å². The van der Waals surface area contributed by atoms with Gasteiger partial charge < -0.3 is 15.0 Å². The molecule has 2 amide bonds. The third kappa shape index (κ3) is 7.90. The van der Waals surface area contributed by atoms with Gasteiger partial charge in [-0.1, -0.05) is 61.4 Å². The van der Waals surface area contributed by atoms with Crippen molar-refractivity contribution in [1.29, 1.82) is 0 Å². The van der Waals surface area contributed by atoms with E-state index < -0.39 is 6.04 Å². The highest BCUT2D eigenvalue weighted by molar-refractivity contribution is 5.87. The molecule has 0 unspecified atom stereocenters. The first-order chi connectivity index (χ1) is 14.5. The molecular weight excluding hydrogens is 376 g/mol. The van der Waals surface area contributed by atoms with E-state index >= 15 is 0 Å². The molecule has 0 saturated heterocycles. The van der Waals surface area contributed by atoms with Crippen molar-refractivity contribution in [3.05, 3.63) is 65.7 Å². The molecule has 0 spiro atoms. The van der Waals surface area contributed by atoms with Crippen LogP contribution in [-0.2, 0) is 16.1 Å². The summed E-state index contributed by atoms with van der Waals surface area (Å²) >= 11 is 0. The Kier molecular flexibility index (Phi) is 9.92. The average molecular weight is 411 g/mol. The first kappa shape index (κ1) is 23.5. The summed E-state index contributed by atoms with van der Waals surface area (Å²) in [4.78, 5) is 27.2. The second kappa shape index (κ2) is 12.7. The molecule has 0 aliphatic rings. The number of unbranched alkanes of at least 4 members (excludes halogenated alkanes) is 1. The molecule has 2 rings (SSSR count). The standard InChI is InChI=1S/C25H34N2O3/c1-4-5-17-26-25(29)21(3)27(19-22-10-7-6-8-11-22)24(28)12-9-18-30-23-15-13-20(2)14-16-23/h6-8,10-11,13-16,21H,4-5,9,12,17-19H2,1-3H3,(H,26,29)/t21-/m0/s1. The Hall–Kier alpha value is -2.82. The number of rotatable bonds is 12. The van der Waals surface area contributed by atoms with Crippen molar-refractivity contribution < 1.29 is 14.3 Å². The summed E-state index contributed by atoms with van der Waals surface area (Å²) in [5.41, 5.74) is 2.19. The molecule has 30 heavy (non-hydrogen) atoms. The maximum Gasteiger partial charge on any atom is 0.242 e. The Balaban J connectivity index is 1.93. The third-order valence-electron chi connectivity index (χ3n) is 5.02. The Labute approximate surface area is 180 Å². The van der Waals surface area contributed by atoms with Crippen LogP contribution in [0.2, 0.25) is 0 Å². The number of benzene rings is 2. The number of carbonyl (C=O) groups is 2. The van der Waals surface area contributed by atoms with E-state index in [9.17, 15) is 9.59 Å². The van der Waals surface area contributed by atoms with Crippen LogP contribution in [0.3, 0.4) is 0 Å². The molecule has 5 heteroatoms. The van der Waals surface area contributed by atoms with Crippen molar-refractivity contribution >= 4 is 11.8 Å². The third-order valence-corrected chi connectivity index (χ3v) is 5.02. The maximum atomic E-state index is 13.0. The monoisotopic (exact) mass is 410 g/mol. The molecule has 2 aromatic carbocycles. The Morgan fingerprint density at radius 1 is 1.03 bits per heavy atom. The van der Waals surface area contributed by atoms with Crippen LogP contribution in [0.15, 0.2) is 54.6 Å². The fourth-order valence-corrected chi connectivity index (χ4v) is 3.09. The van der Waals surface area contributed by atoms with Gasteiger partial charge in [-0.2, -0.15) is 0 Å². The van der Waals surface area contributed by atoms with Gasteiger partial charge in [-0.3, -0.25) is 9.59 Å². The van der Waals surface area contributed by atoms with E-state index in [2.05, 4.69) is 12.2 Å². The van der Waals surface area contributed by atoms with Gasteiger partial charge in [-0.25, -0.2) is 0 Å². The molecule has 162 valence electrons. The zero-order valence-corrected chi connectivity index (χ0v) is 18.4. The van der Waals surface area contributed by atoms with Gasteiger partial charge in [0, 0.05) is 19.5 Å². The lowest BCUT2D eigenvalue weighted by Crippen LogP contribution is -2.47. The van der Waals surface area contributed by atoms with Crippen LogP contribution in [0, 0.1) is 6.92 Å². The van der Waals surface area contributed by atoms with Crippen molar-refractivity contribution in [3.63, 3.8) is 0 Å². The highest BCUT2D eigenvalue weighted by Crippen LogP contribution is 2.14. The summed E-state index contributed by atoms with van der Waals surface area (Å²) in [5, 5.41) is 2.94. The number of hydrogen-bond donors (Lipinski definition) is 1. The zero-order valence-electron chi connectivity index (χ0n) is 18.4. The average Bonchev–Trinajstić information content (AvgIpc) is 2.76. The molecule has 0 radical (unpaired) electrons. The molecule has 1 atom stereocenters. The van der Waals surface area contributed by atoms with Gasteiger partial charge in [-0.05, 0) is 44.4 Å². The van der Waals surface area contributed by atoms with Crippen LogP contribution in [0.1, 0.15) is 50.7 Å². The van der Waals surface area contributed by atoms with Crippen LogP contribution in [0.25, 0.3) is 0 Å². The number of amides is 2. The van der Waals surface area contributed by atoms with Crippen LogP contribution < -0.4 is 10.1 Å². The molecule has 0 heterocycles. The predicted octanol–water partition coefficient (Wildman–Crippen LogP) is 4.49. The minimum absolute atomic E-state index is 0.0375. The molecule has 1 N–H and O–H groups in total. The predicted molar refractivity (Wildman–Crippen MR) is 120 cm³/mol.